The number of nitro benzene ring substituents is 1. The van der Waals surface area contributed by atoms with Crippen molar-refractivity contribution in [2.45, 2.75) is 25.7 Å². The fourth-order valence-corrected chi connectivity index (χ4v) is 5.41. The van der Waals surface area contributed by atoms with E-state index in [1.807, 2.05) is 0 Å². The summed E-state index contributed by atoms with van der Waals surface area (Å²) < 4.78 is 0. The maximum absolute atomic E-state index is 11.4. The zero-order valence-electron chi connectivity index (χ0n) is 16.4. The Hall–Kier alpha value is -3.08. The summed E-state index contributed by atoms with van der Waals surface area (Å²) in [6, 6.07) is 14.3. The van der Waals surface area contributed by atoms with E-state index in [-0.39, 0.29) is 10.6 Å². The molecular formula is C24H23N3O2. The molecule has 0 spiro atoms. The number of rotatable bonds is 3. The summed E-state index contributed by atoms with van der Waals surface area (Å²) >= 11 is 0. The fraction of sp³-hybridized carbons (Fsp3) is 0.333. The van der Waals surface area contributed by atoms with Crippen molar-refractivity contribution in [3.63, 3.8) is 0 Å². The molecule has 146 valence electrons. The van der Waals surface area contributed by atoms with E-state index >= 15 is 0 Å². The second-order valence-corrected chi connectivity index (χ2v) is 8.43. The minimum Gasteiger partial charge on any atom is -0.371 e. The van der Waals surface area contributed by atoms with Gasteiger partial charge in [0.05, 0.1) is 4.92 Å². The highest BCUT2D eigenvalue weighted by atomic mass is 16.6. The number of anilines is 2. The van der Waals surface area contributed by atoms with Crippen LogP contribution in [0.25, 0.3) is 32.3 Å². The molecule has 2 fully saturated rings. The minimum atomic E-state index is -0.292. The molecule has 0 N–H and O–H groups in total. The lowest BCUT2D eigenvalue weighted by Gasteiger charge is -2.27. The molecule has 0 aliphatic carbocycles. The lowest BCUT2D eigenvalue weighted by atomic mass is 9.91. The zero-order chi connectivity index (χ0) is 19.5. The third-order valence-electron chi connectivity index (χ3n) is 6.76. The van der Waals surface area contributed by atoms with Gasteiger partial charge in [0.15, 0.2) is 0 Å². The first-order valence-electron chi connectivity index (χ1n) is 10.6. The second kappa shape index (κ2) is 6.21. The summed E-state index contributed by atoms with van der Waals surface area (Å²) in [7, 11) is 0. The molecule has 0 atom stereocenters. The van der Waals surface area contributed by atoms with Crippen LogP contribution in [0.4, 0.5) is 17.1 Å². The Bertz CT molecular complexity index is 1170. The molecule has 0 saturated carbocycles. The average Bonchev–Trinajstić information content (AvgIpc) is 3.45. The highest BCUT2D eigenvalue weighted by molar-refractivity contribution is 6.28. The van der Waals surface area contributed by atoms with Gasteiger partial charge in [0.1, 0.15) is 0 Å². The number of non-ortho nitro benzene ring substituents is 1. The van der Waals surface area contributed by atoms with Gasteiger partial charge >= 0.3 is 0 Å². The van der Waals surface area contributed by atoms with Gasteiger partial charge in [-0.25, -0.2) is 0 Å². The average molecular weight is 385 g/mol. The standard InChI is InChI=1S/C24H23N3O2/c28-27(29)18-13-16-5-7-19-21(25-9-1-2-10-25)15-22(26-11-3-4-12-26)20-8-6-17(14-18)23(16)24(19)20/h5-8,13-15H,1-4,9-12H2. The van der Waals surface area contributed by atoms with Crippen molar-refractivity contribution in [1.29, 1.82) is 0 Å². The van der Waals surface area contributed by atoms with E-state index < -0.39 is 0 Å². The first-order valence-corrected chi connectivity index (χ1v) is 10.6. The van der Waals surface area contributed by atoms with Crippen molar-refractivity contribution in [2.24, 2.45) is 0 Å². The van der Waals surface area contributed by atoms with Gasteiger partial charge in [-0.05, 0) is 47.9 Å². The van der Waals surface area contributed by atoms with Gasteiger partial charge in [0.2, 0.25) is 0 Å². The molecule has 0 aromatic heterocycles. The van der Waals surface area contributed by atoms with Gasteiger partial charge in [0, 0.05) is 65.8 Å². The van der Waals surface area contributed by atoms with E-state index in [1.54, 1.807) is 12.1 Å². The van der Waals surface area contributed by atoms with Crippen LogP contribution in [-0.4, -0.2) is 31.1 Å². The Morgan fingerprint density at radius 2 is 1.17 bits per heavy atom. The highest BCUT2D eigenvalue weighted by Gasteiger charge is 2.24. The molecule has 4 aromatic carbocycles. The third-order valence-corrected chi connectivity index (χ3v) is 6.76. The summed E-state index contributed by atoms with van der Waals surface area (Å²) in [6.45, 7) is 4.42. The van der Waals surface area contributed by atoms with E-state index in [9.17, 15) is 10.1 Å². The number of benzene rings is 4. The van der Waals surface area contributed by atoms with E-state index in [0.717, 1.165) is 42.3 Å². The van der Waals surface area contributed by atoms with Crippen molar-refractivity contribution >= 4 is 49.4 Å². The summed E-state index contributed by atoms with van der Waals surface area (Å²) in [4.78, 5) is 16.2. The Kier molecular flexibility index (Phi) is 3.60. The number of nitro groups is 1. The molecule has 2 heterocycles. The predicted octanol–water partition coefficient (Wildman–Crippen LogP) is 5.69. The van der Waals surface area contributed by atoms with Crippen molar-refractivity contribution in [3.05, 3.63) is 52.6 Å². The molecule has 2 saturated heterocycles. The summed E-state index contributed by atoms with van der Waals surface area (Å²) in [6.07, 6.45) is 4.97. The van der Waals surface area contributed by atoms with Crippen LogP contribution in [0.3, 0.4) is 0 Å². The fourth-order valence-electron chi connectivity index (χ4n) is 5.41. The summed E-state index contributed by atoms with van der Waals surface area (Å²) in [5.41, 5.74) is 2.81. The Morgan fingerprint density at radius 3 is 1.62 bits per heavy atom. The molecule has 0 bridgehead atoms. The summed E-state index contributed by atoms with van der Waals surface area (Å²) in [5, 5.41) is 18.3. The monoisotopic (exact) mass is 385 g/mol. The maximum Gasteiger partial charge on any atom is 0.270 e. The highest BCUT2D eigenvalue weighted by Crippen LogP contribution is 2.45. The molecule has 5 heteroatoms. The largest absolute Gasteiger partial charge is 0.371 e. The Morgan fingerprint density at radius 1 is 0.690 bits per heavy atom. The van der Waals surface area contributed by atoms with Crippen LogP contribution in [0.15, 0.2) is 42.5 Å². The first kappa shape index (κ1) is 16.8. The normalized spacial score (nSPS) is 17.4. The molecule has 0 radical (unpaired) electrons. The van der Waals surface area contributed by atoms with Crippen molar-refractivity contribution < 1.29 is 4.92 Å². The van der Waals surface area contributed by atoms with Crippen molar-refractivity contribution in [1.82, 2.24) is 0 Å². The van der Waals surface area contributed by atoms with E-state index in [4.69, 9.17) is 0 Å². The molecule has 2 aliphatic heterocycles. The van der Waals surface area contributed by atoms with E-state index in [0.29, 0.717) is 0 Å². The van der Waals surface area contributed by atoms with E-state index in [1.165, 1.54) is 53.2 Å². The van der Waals surface area contributed by atoms with Crippen LogP contribution in [0.5, 0.6) is 0 Å². The Balaban J connectivity index is 1.73. The van der Waals surface area contributed by atoms with Crippen LogP contribution in [0, 0.1) is 10.1 Å². The quantitative estimate of drug-likeness (QED) is 0.258. The van der Waals surface area contributed by atoms with Crippen LogP contribution in [0.2, 0.25) is 0 Å². The van der Waals surface area contributed by atoms with Crippen molar-refractivity contribution in [3.8, 4) is 0 Å². The Labute approximate surface area is 169 Å². The van der Waals surface area contributed by atoms with Gasteiger partial charge in [-0.1, -0.05) is 24.3 Å². The van der Waals surface area contributed by atoms with E-state index in [2.05, 4.69) is 40.1 Å². The van der Waals surface area contributed by atoms with Crippen molar-refractivity contribution in [2.75, 3.05) is 36.0 Å². The van der Waals surface area contributed by atoms with Gasteiger partial charge in [-0.15, -0.1) is 0 Å². The van der Waals surface area contributed by atoms with Gasteiger partial charge < -0.3 is 9.80 Å². The molecule has 2 aliphatic rings. The maximum atomic E-state index is 11.4. The number of hydrogen-bond acceptors (Lipinski definition) is 4. The molecule has 0 unspecified atom stereocenters. The second-order valence-electron chi connectivity index (χ2n) is 8.43. The molecular weight excluding hydrogens is 362 g/mol. The first-order chi connectivity index (χ1) is 14.2. The van der Waals surface area contributed by atoms with Gasteiger partial charge in [-0.2, -0.15) is 0 Å². The smallest absolute Gasteiger partial charge is 0.270 e. The minimum absolute atomic E-state index is 0.162. The molecule has 5 nitrogen and oxygen atoms in total. The third kappa shape index (κ3) is 2.46. The zero-order valence-corrected chi connectivity index (χ0v) is 16.4. The SMILES string of the molecule is O=[N+]([O-])c1cc2ccc3c(N4CCCC4)cc(N4CCCC4)c4ccc(c1)c2c34. The van der Waals surface area contributed by atoms with Gasteiger partial charge in [-0.3, -0.25) is 10.1 Å². The van der Waals surface area contributed by atoms with Crippen LogP contribution in [-0.2, 0) is 0 Å². The van der Waals surface area contributed by atoms with Crippen LogP contribution >= 0.6 is 0 Å². The topological polar surface area (TPSA) is 49.6 Å². The summed E-state index contributed by atoms with van der Waals surface area (Å²) in [5.74, 6) is 0. The molecule has 0 amide bonds. The van der Waals surface area contributed by atoms with Crippen LogP contribution in [0.1, 0.15) is 25.7 Å². The lowest BCUT2D eigenvalue weighted by molar-refractivity contribution is -0.384. The number of nitrogens with zero attached hydrogens (tertiary/aromatic N) is 3. The number of hydrogen-bond donors (Lipinski definition) is 0. The predicted molar refractivity (Wildman–Crippen MR) is 120 cm³/mol. The lowest BCUT2D eigenvalue weighted by Crippen LogP contribution is -2.21. The molecule has 29 heavy (non-hydrogen) atoms. The van der Waals surface area contributed by atoms with Gasteiger partial charge in [0.25, 0.3) is 5.69 Å². The molecule has 4 aromatic rings. The van der Waals surface area contributed by atoms with Crippen LogP contribution < -0.4 is 9.80 Å². The molecule has 6 rings (SSSR count).